The molecule has 1 saturated carbocycles. The van der Waals surface area contributed by atoms with Crippen molar-refractivity contribution in [1.82, 2.24) is 9.80 Å². The van der Waals surface area contributed by atoms with E-state index in [9.17, 15) is 14.7 Å². The van der Waals surface area contributed by atoms with Crippen molar-refractivity contribution in [2.24, 2.45) is 0 Å². The zero-order valence-corrected chi connectivity index (χ0v) is 10.0. The number of rotatable bonds is 4. The van der Waals surface area contributed by atoms with Crippen LogP contribution in [0.3, 0.4) is 0 Å². The maximum Gasteiger partial charge on any atom is 0.326 e. The van der Waals surface area contributed by atoms with Crippen LogP contribution in [0.15, 0.2) is 0 Å². The molecule has 3 N–H and O–H groups in total. The van der Waals surface area contributed by atoms with Crippen molar-refractivity contribution in [3.05, 3.63) is 0 Å². The van der Waals surface area contributed by atoms with Crippen molar-refractivity contribution in [3.63, 3.8) is 0 Å². The Morgan fingerprint density at radius 1 is 1.33 bits per heavy atom. The van der Waals surface area contributed by atoms with Crippen molar-refractivity contribution < 1.29 is 24.9 Å². The molecule has 0 unspecified atom stereocenters. The predicted molar refractivity (Wildman–Crippen MR) is 61.0 cm³/mol. The number of aliphatic hydroxyl groups is 2. The molecule has 2 aliphatic rings. The van der Waals surface area contributed by atoms with E-state index in [0.717, 1.165) is 12.8 Å². The number of urea groups is 1. The van der Waals surface area contributed by atoms with Crippen LogP contribution in [0, 0.1) is 0 Å². The topological polar surface area (TPSA) is 101 Å². The van der Waals surface area contributed by atoms with E-state index in [-0.39, 0.29) is 32.2 Å². The molecule has 2 fully saturated rings. The van der Waals surface area contributed by atoms with Gasteiger partial charge in [-0.05, 0) is 12.8 Å². The second-order valence-electron chi connectivity index (χ2n) is 4.83. The van der Waals surface area contributed by atoms with Crippen LogP contribution in [0.4, 0.5) is 4.79 Å². The van der Waals surface area contributed by atoms with Gasteiger partial charge in [0.25, 0.3) is 0 Å². The third-order valence-corrected chi connectivity index (χ3v) is 3.38. The van der Waals surface area contributed by atoms with Gasteiger partial charge in [-0.25, -0.2) is 9.59 Å². The minimum atomic E-state index is -1.10. The molecule has 0 aromatic carbocycles. The van der Waals surface area contributed by atoms with Gasteiger partial charge in [-0.3, -0.25) is 0 Å². The number of nitrogens with zero attached hydrogens (tertiary/aromatic N) is 2. The minimum Gasteiger partial charge on any atom is -0.480 e. The number of likely N-dealkylation sites (tertiary alicyclic amines) is 1. The number of carboxylic acids is 1. The fourth-order valence-corrected chi connectivity index (χ4v) is 2.35. The quantitative estimate of drug-likeness (QED) is 0.605. The molecule has 0 radical (unpaired) electrons. The van der Waals surface area contributed by atoms with E-state index in [0.29, 0.717) is 0 Å². The van der Waals surface area contributed by atoms with E-state index in [4.69, 9.17) is 10.2 Å². The molecule has 2 amide bonds. The summed E-state index contributed by atoms with van der Waals surface area (Å²) < 4.78 is 0. The molecule has 1 heterocycles. The van der Waals surface area contributed by atoms with E-state index in [1.165, 1.54) is 9.80 Å². The first-order valence-electron chi connectivity index (χ1n) is 6.13. The number of carboxylic acid groups (broad SMARTS) is 1. The predicted octanol–water partition coefficient (Wildman–Crippen LogP) is -0.917. The molecule has 1 saturated heterocycles. The second kappa shape index (κ2) is 5.11. The van der Waals surface area contributed by atoms with Gasteiger partial charge < -0.3 is 25.1 Å². The van der Waals surface area contributed by atoms with E-state index in [1.54, 1.807) is 0 Å². The highest BCUT2D eigenvalue weighted by atomic mass is 16.4. The van der Waals surface area contributed by atoms with E-state index in [2.05, 4.69) is 0 Å². The molecule has 102 valence electrons. The van der Waals surface area contributed by atoms with Crippen molar-refractivity contribution in [3.8, 4) is 0 Å². The highest BCUT2D eigenvalue weighted by molar-refractivity contribution is 5.83. The number of aliphatic hydroxyl groups excluding tert-OH is 2. The van der Waals surface area contributed by atoms with Gasteiger partial charge in [0.1, 0.15) is 6.04 Å². The first kappa shape index (κ1) is 13.1. The maximum absolute atomic E-state index is 12.2. The summed E-state index contributed by atoms with van der Waals surface area (Å²) in [5.41, 5.74) is 0. The molecule has 7 heteroatoms. The summed E-state index contributed by atoms with van der Waals surface area (Å²) in [4.78, 5) is 26.0. The zero-order chi connectivity index (χ0) is 13.3. The Balaban J connectivity index is 2.08. The molecule has 2 rings (SSSR count). The highest BCUT2D eigenvalue weighted by Gasteiger charge is 2.43. The Kier molecular flexibility index (Phi) is 3.72. The molecule has 0 spiro atoms. The smallest absolute Gasteiger partial charge is 0.326 e. The Labute approximate surface area is 105 Å². The zero-order valence-electron chi connectivity index (χ0n) is 10.0. The lowest BCUT2D eigenvalue weighted by Crippen LogP contribution is -2.49. The lowest BCUT2D eigenvalue weighted by Gasteiger charge is -2.29. The Morgan fingerprint density at radius 2 is 2.00 bits per heavy atom. The lowest BCUT2D eigenvalue weighted by molar-refractivity contribution is -0.141. The van der Waals surface area contributed by atoms with Gasteiger partial charge in [-0.15, -0.1) is 0 Å². The summed E-state index contributed by atoms with van der Waals surface area (Å²) in [7, 11) is 0. The second-order valence-corrected chi connectivity index (χ2v) is 4.83. The third kappa shape index (κ3) is 2.56. The van der Waals surface area contributed by atoms with Gasteiger partial charge in [0.05, 0.1) is 12.7 Å². The van der Waals surface area contributed by atoms with Crippen LogP contribution in [0.25, 0.3) is 0 Å². The number of hydrogen-bond acceptors (Lipinski definition) is 4. The molecule has 2 atom stereocenters. The standard InChI is InChI=1S/C11H18N2O5/c14-4-3-12(7-1-2-7)11(18)13-6-8(15)5-9(13)10(16)17/h7-9,14-15H,1-6H2,(H,16,17)/t8-,9+/m1/s1. The summed E-state index contributed by atoms with van der Waals surface area (Å²) in [5, 5.41) is 27.5. The number of amides is 2. The summed E-state index contributed by atoms with van der Waals surface area (Å²) in [6, 6.07) is -1.25. The molecule has 7 nitrogen and oxygen atoms in total. The third-order valence-electron chi connectivity index (χ3n) is 3.38. The van der Waals surface area contributed by atoms with Crippen LogP contribution >= 0.6 is 0 Å². The van der Waals surface area contributed by atoms with Gasteiger partial charge in [-0.2, -0.15) is 0 Å². The Morgan fingerprint density at radius 3 is 2.50 bits per heavy atom. The fourth-order valence-electron chi connectivity index (χ4n) is 2.35. The Hall–Kier alpha value is -1.34. The molecule has 0 aromatic rings. The van der Waals surface area contributed by atoms with E-state index >= 15 is 0 Å². The monoisotopic (exact) mass is 258 g/mol. The molecule has 0 bridgehead atoms. The number of aliphatic carboxylic acids is 1. The average Bonchev–Trinajstić information content (AvgIpc) is 3.07. The van der Waals surface area contributed by atoms with Crippen LogP contribution in [0.5, 0.6) is 0 Å². The van der Waals surface area contributed by atoms with Crippen molar-refractivity contribution in [1.29, 1.82) is 0 Å². The fraction of sp³-hybridized carbons (Fsp3) is 0.818. The minimum absolute atomic E-state index is 0.0461. The summed E-state index contributed by atoms with van der Waals surface area (Å²) in [6.45, 7) is 0.114. The molecule has 1 aliphatic carbocycles. The first-order valence-corrected chi connectivity index (χ1v) is 6.13. The summed E-state index contributed by atoms with van der Waals surface area (Å²) in [5.74, 6) is -1.10. The van der Waals surface area contributed by atoms with Crippen molar-refractivity contribution >= 4 is 12.0 Å². The molecule has 1 aliphatic heterocycles. The van der Waals surface area contributed by atoms with Gasteiger partial charge in [-0.1, -0.05) is 0 Å². The molecular formula is C11H18N2O5. The lowest BCUT2D eigenvalue weighted by atomic mass is 10.2. The van der Waals surface area contributed by atoms with Crippen molar-refractivity contribution in [2.45, 2.75) is 37.5 Å². The Bertz CT molecular complexity index is 344. The van der Waals surface area contributed by atoms with Crippen LogP contribution in [-0.4, -0.2) is 75.0 Å². The number of carbonyl (C=O) groups excluding carboxylic acids is 1. The van der Waals surface area contributed by atoms with Gasteiger partial charge in [0.2, 0.25) is 0 Å². The van der Waals surface area contributed by atoms with Crippen LogP contribution in [-0.2, 0) is 4.79 Å². The van der Waals surface area contributed by atoms with Crippen molar-refractivity contribution in [2.75, 3.05) is 19.7 Å². The first-order chi connectivity index (χ1) is 8.54. The van der Waals surface area contributed by atoms with Gasteiger partial charge in [0, 0.05) is 25.6 Å². The number of hydrogen-bond donors (Lipinski definition) is 3. The SMILES string of the molecule is O=C(O)[C@@H]1C[C@@H](O)CN1C(=O)N(CCO)C1CC1. The van der Waals surface area contributed by atoms with Gasteiger partial charge >= 0.3 is 12.0 Å². The van der Waals surface area contributed by atoms with Crippen LogP contribution in [0.2, 0.25) is 0 Å². The van der Waals surface area contributed by atoms with Crippen LogP contribution < -0.4 is 0 Å². The average molecular weight is 258 g/mol. The molecule has 18 heavy (non-hydrogen) atoms. The van der Waals surface area contributed by atoms with Gasteiger partial charge in [0.15, 0.2) is 0 Å². The maximum atomic E-state index is 12.2. The van der Waals surface area contributed by atoms with E-state index in [1.807, 2.05) is 0 Å². The molecule has 0 aromatic heterocycles. The number of carbonyl (C=O) groups is 2. The highest BCUT2D eigenvalue weighted by Crippen LogP contribution is 2.29. The summed E-state index contributed by atoms with van der Waals surface area (Å²) in [6.07, 6.45) is 1.06. The normalized spacial score (nSPS) is 27.3. The summed E-state index contributed by atoms with van der Waals surface area (Å²) >= 11 is 0. The molecular weight excluding hydrogens is 240 g/mol. The largest absolute Gasteiger partial charge is 0.480 e. The van der Waals surface area contributed by atoms with E-state index < -0.39 is 24.1 Å². The number of β-amino-alcohol motifs (C(OH)–C–C–N with tert-alkyl or cyclic N) is 1. The van der Waals surface area contributed by atoms with Crippen LogP contribution in [0.1, 0.15) is 19.3 Å².